The molecule has 132 valence electrons. The number of halogens is 4. The lowest BCUT2D eigenvalue weighted by molar-refractivity contribution is -0.115. The minimum atomic E-state index is -2.96. The standard InChI is InChI=1S/C16H12ClF3N2O3/c17-12-7-10(3-6-13(12)18)22-14(23)8-21-15(24)9-1-4-11(5-2-9)25-16(19)20/h1-7,16H,8H2,(H,21,24)(H,22,23). The largest absolute Gasteiger partial charge is 0.435 e. The van der Waals surface area contributed by atoms with E-state index in [1.807, 2.05) is 0 Å². The topological polar surface area (TPSA) is 67.4 Å². The number of hydrogen-bond donors (Lipinski definition) is 2. The number of alkyl halides is 2. The molecule has 0 radical (unpaired) electrons. The van der Waals surface area contributed by atoms with Gasteiger partial charge in [0.25, 0.3) is 5.91 Å². The van der Waals surface area contributed by atoms with Gasteiger partial charge in [-0.1, -0.05) is 11.6 Å². The Kier molecular flexibility index (Phi) is 6.24. The predicted octanol–water partition coefficient (Wildman–Crippen LogP) is 3.45. The average molecular weight is 373 g/mol. The molecule has 0 spiro atoms. The van der Waals surface area contributed by atoms with Crippen molar-refractivity contribution in [2.75, 3.05) is 11.9 Å². The van der Waals surface area contributed by atoms with Gasteiger partial charge in [0.1, 0.15) is 11.6 Å². The quantitative estimate of drug-likeness (QED) is 0.816. The fourth-order valence-corrected chi connectivity index (χ4v) is 2.01. The first-order valence-corrected chi connectivity index (χ1v) is 7.31. The Bertz CT molecular complexity index is 770. The summed E-state index contributed by atoms with van der Waals surface area (Å²) in [6.07, 6.45) is 0. The number of benzene rings is 2. The number of carbonyl (C=O) groups excluding carboxylic acids is 2. The summed E-state index contributed by atoms with van der Waals surface area (Å²) in [6.45, 7) is -3.30. The molecule has 0 unspecified atom stereocenters. The smallest absolute Gasteiger partial charge is 0.387 e. The molecule has 0 bridgehead atoms. The molecule has 25 heavy (non-hydrogen) atoms. The van der Waals surface area contributed by atoms with Crippen LogP contribution in [0.5, 0.6) is 5.75 Å². The first kappa shape index (κ1) is 18.6. The number of ether oxygens (including phenoxy) is 1. The van der Waals surface area contributed by atoms with Gasteiger partial charge in [0, 0.05) is 11.3 Å². The summed E-state index contributed by atoms with van der Waals surface area (Å²) in [6, 6.07) is 8.64. The van der Waals surface area contributed by atoms with Crippen LogP contribution in [0.3, 0.4) is 0 Å². The van der Waals surface area contributed by atoms with Gasteiger partial charge in [0.15, 0.2) is 0 Å². The Labute approximate surface area is 145 Å². The fraction of sp³-hybridized carbons (Fsp3) is 0.125. The van der Waals surface area contributed by atoms with Crippen molar-refractivity contribution in [1.82, 2.24) is 5.32 Å². The van der Waals surface area contributed by atoms with E-state index in [0.717, 1.165) is 6.07 Å². The molecule has 0 aromatic heterocycles. The molecule has 0 saturated heterocycles. The van der Waals surface area contributed by atoms with Crippen LogP contribution in [0.15, 0.2) is 42.5 Å². The Morgan fingerprint density at radius 1 is 1.12 bits per heavy atom. The molecule has 2 aromatic rings. The van der Waals surface area contributed by atoms with E-state index >= 15 is 0 Å². The third-order valence-corrected chi connectivity index (χ3v) is 3.24. The van der Waals surface area contributed by atoms with E-state index in [9.17, 15) is 22.8 Å². The van der Waals surface area contributed by atoms with Crippen LogP contribution in [0.25, 0.3) is 0 Å². The van der Waals surface area contributed by atoms with E-state index in [1.165, 1.54) is 36.4 Å². The van der Waals surface area contributed by atoms with Crippen molar-refractivity contribution in [3.05, 3.63) is 58.9 Å². The second-order valence-corrected chi connectivity index (χ2v) is 5.17. The van der Waals surface area contributed by atoms with Crippen molar-refractivity contribution in [3.8, 4) is 5.75 Å². The number of anilines is 1. The highest BCUT2D eigenvalue weighted by molar-refractivity contribution is 6.31. The fourth-order valence-electron chi connectivity index (χ4n) is 1.83. The third kappa shape index (κ3) is 5.68. The zero-order valence-corrected chi connectivity index (χ0v) is 13.3. The highest BCUT2D eigenvalue weighted by Crippen LogP contribution is 2.19. The molecule has 0 fully saturated rings. The van der Waals surface area contributed by atoms with Crippen molar-refractivity contribution in [2.45, 2.75) is 6.61 Å². The average Bonchev–Trinajstić information content (AvgIpc) is 2.56. The molecule has 2 aromatic carbocycles. The lowest BCUT2D eigenvalue weighted by Crippen LogP contribution is -2.32. The highest BCUT2D eigenvalue weighted by atomic mass is 35.5. The Balaban J connectivity index is 1.86. The summed E-state index contributed by atoms with van der Waals surface area (Å²) in [5, 5.41) is 4.65. The second kappa shape index (κ2) is 8.39. The molecule has 0 aliphatic rings. The molecule has 2 amide bonds. The van der Waals surface area contributed by atoms with E-state index in [-0.39, 0.29) is 28.6 Å². The van der Waals surface area contributed by atoms with Crippen LogP contribution in [-0.2, 0) is 4.79 Å². The number of rotatable bonds is 6. The molecular formula is C16H12ClF3N2O3. The predicted molar refractivity (Wildman–Crippen MR) is 85.4 cm³/mol. The first-order valence-electron chi connectivity index (χ1n) is 6.93. The summed E-state index contributed by atoms with van der Waals surface area (Å²) in [5.41, 5.74) is 0.443. The van der Waals surface area contributed by atoms with Crippen molar-refractivity contribution < 1.29 is 27.5 Å². The summed E-state index contributed by atoms with van der Waals surface area (Å²) in [5.74, 6) is -1.82. The first-order chi connectivity index (χ1) is 11.8. The van der Waals surface area contributed by atoms with Crippen molar-refractivity contribution >= 4 is 29.1 Å². The molecule has 0 atom stereocenters. The number of carbonyl (C=O) groups is 2. The lowest BCUT2D eigenvalue weighted by Gasteiger charge is -2.08. The van der Waals surface area contributed by atoms with Crippen LogP contribution < -0.4 is 15.4 Å². The molecule has 5 nitrogen and oxygen atoms in total. The second-order valence-electron chi connectivity index (χ2n) is 4.76. The Morgan fingerprint density at radius 2 is 1.80 bits per heavy atom. The lowest BCUT2D eigenvalue weighted by atomic mass is 10.2. The van der Waals surface area contributed by atoms with Crippen molar-refractivity contribution in [3.63, 3.8) is 0 Å². The summed E-state index contributed by atoms with van der Waals surface area (Å²) >= 11 is 5.60. The summed E-state index contributed by atoms with van der Waals surface area (Å²) in [4.78, 5) is 23.6. The van der Waals surface area contributed by atoms with Gasteiger partial charge in [0.2, 0.25) is 5.91 Å². The van der Waals surface area contributed by atoms with E-state index in [0.29, 0.717) is 0 Å². The maximum absolute atomic E-state index is 13.0. The van der Waals surface area contributed by atoms with Gasteiger partial charge in [-0.15, -0.1) is 0 Å². The molecule has 2 N–H and O–H groups in total. The molecule has 0 aliphatic carbocycles. The number of hydrogen-bond acceptors (Lipinski definition) is 3. The minimum Gasteiger partial charge on any atom is -0.435 e. The normalized spacial score (nSPS) is 10.4. The van der Waals surface area contributed by atoms with Gasteiger partial charge < -0.3 is 15.4 Å². The van der Waals surface area contributed by atoms with E-state index < -0.39 is 24.2 Å². The molecule has 2 rings (SSSR count). The van der Waals surface area contributed by atoms with Crippen LogP contribution in [0.4, 0.5) is 18.9 Å². The van der Waals surface area contributed by atoms with Gasteiger partial charge in [-0.25, -0.2) is 4.39 Å². The summed E-state index contributed by atoms with van der Waals surface area (Å²) < 4.78 is 41.3. The van der Waals surface area contributed by atoms with Gasteiger partial charge in [0.05, 0.1) is 11.6 Å². The number of nitrogens with one attached hydrogen (secondary N) is 2. The molecule has 9 heteroatoms. The maximum atomic E-state index is 13.0. The van der Waals surface area contributed by atoms with E-state index in [4.69, 9.17) is 11.6 Å². The SMILES string of the molecule is O=C(CNC(=O)c1ccc(OC(F)F)cc1)Nc1ccc(F)c(Cl)c1. The maximum Gasteiger partial charge on any atom is 0.387 e. The van der Waals surface area contributed by atoms with Crippen molar-refractivity contribution in [1.29, 1.82) is 0 Å². The zero-order valence-electron chi connectivity index (χ0n) is 12.6. The van der Waals surface area contributed by atoms with Crippen LogP contribution in [-0.4, -0.2) is 25.0 Å². The Morgan fingerprint density at radius 3 is 2.40 bits per heavy atom. The monoisotopic (exact) mass is 372 g/mol. The summed E-state index contributed by atoms with van der Waals surface area (Å²) in [7, 11) is 0. The van der Waals surface area contributed by atoms with E-state index in [2.05, 4.69) is 15.4 Å². The van der Waals surface area contributed by atoms with Crippen molar-refractivity contribution in [2.24, 2.45) is 0 Å². The minimum absolute atomic E-state index is 0.0857. The van der Waals surface area contributed by atoms with E-state index in [1.54, 1.807) is 0 Å². The molecular weight excluding hydrogens is 361 g/mol. The highest BCUT2D eigenvalue weighted by Gasteiger charge is 2.10. The zero-order chi connectivity index (χ0) is 18.4. The molecule has 0 heterocycles. The van der Waals surface area contributed by atoms with Crippen LogP contribution in [0.1, 0.15) is 10.4 Å². The molecule has 0 saturated carbocycles. The van der Waals surface area contributed by atoms with Crippen LogP contribution in [0, 0.1) is 5.82 Å². The number of amides is 2. The molecule has 0 aliphatic heterocycles. The Hall–Kier alpha value is -2.74. The van der Waals surface area contributed by atoms with Gasteiger partial charge in [-0.2, -0.15) is 8.78 Å². The van der Waals surface area contributed by atoms with Gasteiger partial charge >= 0.3 is 6.61 Å². The van der Waals surface area contributed by atoms with Gasteiger partial charge in [-0.3, -0.25) is 9.59 Å². The van der Waals surface area contributed by atoms with Crippen LogP contribution >= 0.6 is 11.6 Å². The third-order valence-electron chi connectivity index (χ3n) is 2.95. The van der Waals surface area contributed by atoms with Gasteiger partial charge in [-0.05, 0) is 42.5 Å². The van der Waals surface area contributed by atoms with Crippen LogP contribution in [0.2, 0.25) is 5.02 Å².